The highest BCUT2D eigenvalue weighted by Gasteiger charge is 2.26. The first kappa shape index (κ1) is 21.4. The van der Waals surface area contributed by atoms with Gasteiger partial charge in [-0.1, -0.05) is 30.3 Å². The molecule has 2 aromatic heterocycles. The number of halogens is 1. The minimum atomic E-state index is -3.98. The molecule has 0 radical (unpaired) electrons. The van der Waals surface area contributed by atoms with Gasteiger partial charge in [0.25, 0.3) is 10.0 Å². The highest BCUT2D eigenvalue weighted by atomic mass is 32.2. The molecule has 2 heterocycles. The van der Waals surface area contributed by atoms with Crippen molar-refractivity contribution in [2.24, 2.45) is 7.05 Å². The summed E-state index contributed by atoms with van der Waals surface area (Å²) in [6.07, 6.45) is 3.93. The van der Waals surface area contributed by atoms with Crippen molar-refractivity contribution in [1.82, 2.24) is 8.54 Å². The predicted octanol–water partition coefficient (Wildman–Crippen LogP) is 3.44. The molecular weight excluding hydrogens is 435 g/mol. The van der Waals surface area contributed by atoms with Crippen LogP contribution in [0.2, 0.25) is 0 Å². The maximum absolute atomic E-state index is 13.3. The first-order chi connectivity index (χ1) is 15.2. The van der Waals surface area contributed by atoms with Crippen molar-refractivity contribution in [3.05, 3.63) is 101 Å². The van der Waals surface area contributed by atoms with Crippen LogP contribution in [0.15, 0.2) is 78.1 Å². The number of hydrogen-bond acceptors (Lipinski definition) is 5. The Labute approximate surface area is 183 Å². The first-order valence-corrected chi connectivity index (χ1v) is 11.0. The number of carbonyl (C=O) groups excluding carboxylic acids is 1. The molecule has 0 saturated carbocycles. The lowest BCUT2D eigenvalue weighted by Gasteiger charge is -2.05. The van der Waals surface area contributed by atoms with E-state index in [1.54, 1.807) is 30.3 Å². The molecule has 0 unspecified atom stereocenters. The van der Waals surface area contributed by atoms with E-state index in [1.165, 1.54) is 54.5 Å². The lowest BCUT2D eigenvalue weighted by Crippen LogP contribution is -2.11. The molecule has 0 aliphatic carbocycles. The van der Waals surface area contributed by atoms with Crippen molar-refractivity contribution in [2.75, 3.05) is 0 Å². The predicted molar refractivity (Wildman–Crippen MR) is 115 cm³/mol. The summed E-state index contributed by atoms with van der Waals surface area (Å²) in [4.78, 5) is 13.3. The molecule has 0 bridgehead atoms. The van der Waals surface area contributed by atoms with Crippen LogP contribution in [0.1, 0.15) is 27.0 Å². The zero-order chi connectivity index (χ0) is 23.0. The number of benzene rings is 2. The number of nitrogens with zero attached hydrogens (tertiary/aromatic N) is 2. The standard InChI is InChI=1S/C23H19FN2O5S/c1-25-13-20(22(28)23(25)29)21(27)19-14-26(32(30,31)18-5-3-2-4-6-18)12-16(19)11-15-7-9-17(24)10-8-15/h2-10,12-14,28-29H,11H2,1H3. The number of aromatic hydroxyl groups is 2. The number of aromatic nitrogens is 2. The Morgan fingerprint density at radius 3 is 2.19 bits per heavy atom. The SMILES string of the molecule is Cn1cc(C(=O)c2cn(S(=O)(=O)c3ccccc3)cc2Cc2ccc(F)cc2)c(O)c1O. The van der Waals surface area contributed by atoms with Crippen LogP contribution in [0.3, 0.4) is 0 Å². The van der Waals surface area contributed by atoms with Gasteiger partial charge in [-0.05, 0) is 41.8 Å². The summed E-state index contributed by atoms with van der Waals surface area (Å²) in [6, 6.07) is 13.4. The van der Waals surface area contributed by atoms with E-state index in [4.69, 9.17) is 0 Å². The van der Waals surface area contributed by atoms with Crippen molar-refractivity contribution in [1.29, 1.82) is 0 Å². The number of hydrogen-bond donors (Lipinski definition) is 2. The molecule has 0 aliphatic rings. The zero-order valence-corrected chi connectivity index (χ0v) is 17.8. The van der Waals surface area contributed by atoms with E-state index in [0.29, 0.717) is 11.1 Å². The Kier molecular flexibility index (Phi) is 5.35. The minimum absolute atomic E-state index is 0.0368. The molecule has 7 nitrogen and oxygen atoms in total. The number of ketones is 1. The van der Waals surface area contributed by atoms with Crippen LogP contribution in [0.5, 0.6) is 11.6 Å². The van der Waals surface area contributed by atoms with Gasteiger partial charge in [-0.25, -0.2) is 16.8 Å². The number of rotatable bonds is 6. The molecule has 4 rings (SSSR count). The molecule has 4 aromatic rings. The highest BCUT2D eigenvalue weighted by molar-refractivity contribution is 7.90. The van der Waals surface area contributed by atoms with Gasteiger partial charge >= 0.3 is 0 Å². The van der Waals surface area contributed by atoms with Gasteiger partial charge in [0.2, 0.25) is 5.88 Å². The molecule has 0 aliphatic heterocycles. The van der Waals surface area contributed by atoms with Crippen molar-refractivity contribution >= 4 is 15.8 Å². The van der Waals surface area contributed by atoms with Crippen LogP contribution >= 0.6 is 0 Å². The third-order valence-corrected chi connectivity index (χ3v) is 6.76. The summed E-state index contributed by atoms with van der Waals surface area (Å²) in [7, 11) is -2.53. The van der Waals surface area contributed by atoms with E-state index in [9.17, 15) is 27.8 Å². The van der Waals surface area contributed by atoms with E-state index in [2.05, 4.69) is 0 Å². The lowest BCUT2D eigenvalue weighted by atomic mass is 9.99. The van der Waals surface area contributed by atoms with Gasteiger partial charge in [0, 0.05) is 31.2 Å². The van der Waals surface area contributed by atoms with Crippen molar-refractivity contribution in [3.63, 3.8) is 0 Å². The molecule has 0 spiro atoms. The molecule has 0 atom stereocenters. The Bertz CT molecular complexity index is 1400. The third kappa shape index (κ3) is 3.78. The molecular formula is C23H19FN2O5S. The number of carbonyl (C=O) groups is 1. The molecule has 9 heteroatoms. The second-order valence-corrected chi connectivity index (χ2v) is 9.15. The van der Waals surface area contributed by atoms with E-state index in [-0.39, 0.29) is 22.4 Å². The van der Waals surface area contributed by atoms with E-state index < -0.39 is 33.3 Å². The molecule has 2 aromatic carbocycles. The van der Waals surface area contributed by atoms with E-state index in [1.807, 2.05) is 0 Å². The van der Waals surface area contributed by atoms with Gasteiger partial charge in [-0.3, -0.25) is 4.79 Å². The normalized spacial score (nSPS) is 11.6. The molecule has 164 valence electrons. The summed E-state index contributed by atoms with van der Waals surface area (Å²) in [5, 5.41) is 20.0. The van der Waals surface area contributed by atoms with Crippen LogP contribution < -0.4 is 0 Å². The first-order valence-electron chi connectivity index (χ1n) is 9.56. The largest absolute Gasteiger partial charge is 0.503 e. The van der Waals surface area contributed by atoms with E-state index >= 15 is 0 Å². The van der Waals surface area contributed by atoms with Crippen LogP contribution in [-0.2, 0) is 23.5 Å². The summed E-state index contributed by atoms with van der Waals surface area (Å²) in [5.41, 5.74) is 0.897. The van der Waals surface area contributed by atoms with Crippen LogP contribution in [0, 0.1) is 5.82 Å². The van der Waals surface area contributed by atoms with Crippen molar-refractivity contribution in [3.8, 4) is 11.6 Å². The van der Waals surface area contributed by atoms with Gasteiger partial charge in [-0.15, -0.1) is 0 Å². The monoisotopic (exact) mass is 454 g/mol. The molecule has 0 fully saturated rings. The fourth-order valence-corrected chi connectivity index (χ4v) is 4.66. The fraction of sp³-hybridized carbons (Fsp3) is 0.0870. The van der Waals surface area contributed by atoms with Crippen LogP contribution in [0.4, 0.5) is 4.39 Å². The minimum Gasteiger partial charge on any atom is -0.503 e. The third-order valence-electron chi connectivity index (χ3n) is 5.12. The molecule has 0 saturated heterocycles. The quantitative estimate of drug-likeness (QED) is 0.435. The second-order valence-electron chi connectivity index (χ2n) is 7.30. The van der Waals surface area contributed by atoms with Gasteiger partial charge in [0.15, 0.2) is 11.5 Å². The van der Waals surface area contributed by atoms with Gasteiger partial charge < -0.3 is 14.8 Å². The van der Waals surface area contributed by atoms with Crippen molar-refractivity contribution < 1.29 is 27.8 Å². The highest BCUT2D eigenvalue weighted by Crippen LogP contribution is 2.33. The summed E-state index contributed by atoms with van der Waals surface area (Å²) < 4.78 is 41.6. The maximum atomic E-state index is 13.3. The smallest absolute Gasteiger partial charge is 0.267 e. The average molecular weight is 454 g/mol. The molecule has 0 amide bonds. The number of aryl methyl sites for hydroxylation is 1. The summed E-state index contributed by atoms with van der Waals surface area (Å²) >= 11 is 0. The van der Waals surface area contributed by atoms with Crippen LogP contribution in [-0.4, -0.2) is 33.0 Å². The Morgan fingerprint density at radius 1 is 0.938 bits per heavy atom. The summed E-state index contributed by atoms with van der Waals surface area (Å²) in [5.74, 6) is -2.15. The van der Waals surface area contributed by atoms with Gasteiger partial charge in [0.1, 0.15) is 5.82 Å². The van der Waals surface area contributed by atoms with Crippen molar-refractivity contribution in [2.45, 2.75) is 11.3 Å². The van der Waals surface area contributed by atoms with Crippen LogP contribution in [0.25, 0.3) is 0 Å². The fourth-order valence-electron chi connectivity index (χ4n) is 3.41. The Morgan fingerprint density at radius 2 is 1.59 bits per heavy atom. The topological polar surface area (TPSA) is 102 Å². The van der Waals surface area contributed by atoms with Gasteiger partial charge in [0.05, 0.1) is 10.5 Å². The molecule has 2 N–H and O–H groups in total. The van der Waals surface area contributed by atoms with Gasteiger partial charge in [-0.2, -0.15) is 0 Å². The molecule has 32 heavy (non-hydrogen) atoms. The lowest BCUT2D eigenvalue weighted by molar-refractivity contribution is 0.103. The zero-order valence-electron chi connectivity index (χ0n) is 16.9. The second kappa shape index (κ2) is 8.01. The summed E-state index contributed by atoms with van der Waals surface area (Å²) in [6.45, 7) is 0. The Balaban J connectivity index is 1.84. The maximum Gasteiger partial charge on any atom is 0.267 e. The van der Waals surface area contributed by atoms with E-state index in [0.717, 1.165) is 3.97 Å². The Hall–Kier alpha value is -3.85. The average Bonchev–Trinajstić information content (AvgIpc) is 3.32.